The van der Waals surface area contributed by atoms with E-state index in [-0.39, 0.29) is 52.3 Å². The smallest absolute Gasteiger partial charge is 0.871 e. The van der Waals surface area contributed by atoms with Gasteiger partial charge in [0.25, 0.3) is 0 Å². The van der Waals surface area contributed by atoms with Gasteiger partial charge in [-0.15, -0.1) is 0 Å². The van der Waals surface area contributed by atoms with Crippen LogP contribution in [0, 0.1) is 6.92 Å². The van der Waals surface area contributed by atoms with E-state index in [4.69, 9.17) is 14.9 Å². The van der Waals surface area contributed by atoms with Crippen LogP contribution in [-0.2, 0) is 16.9 Å². The standard InChI is InChI=1S/C8H12NO5PS.Na/c1-5-8(11)7(3-10)6(2-9-5)4-16-15(12,13)14;/h2,10-11H,3-4H2,1H3,(H2,12,13,14);/q;+1/p-1. The fourth-order valence-electron chi connectivity index (χ4n) is 1.13. The maximum absolute atomic E-state index is 11.5. The Morgan fingerprint density at radius 3 is 2.59 bits per heavy atom. The van der Waals surface area contributed by atoms with Crippen LogP contribution in [0.5, 0.6) is 5.75 Å². The van der Waals surface area contributed by atoms with Crippen molar-refractivity contribution >= 4 is 18.2 Å². The number of pyridine rings is 1. The topological polar surface area (TPSA) is 114 Å². The zero-order valence-corrected chi connectivity index (χ0v) is 13.2. The molecule has 0 aliphatic rings. The van der Waals surface area contributed by atoms with Crippen LogP contribution >= 0.6 is 18.2 Å². The minimum absolute atomic E-state index is 0. The zero-order chi connectivity index (χ0) is 12.3. The van der Waals surface area contributed by atoms with E-state index in [1.807, 2.05) is 0 Å². The van der Waals surface area contributed by atoms with E-state index in [1.54, 1.807) is 0 Å². The SMILES string of the molecule is Cc1ncc(CSP(=O)(O)O)c(CO)c1[O-].[Na+]. The van der Waals surface area contributed by atoms with Crippen LogP contribution in [0.4, 0.5) is 0 Å². The van der Waals surface area contributed by atoms with Gasteiger partial charge in [0, 0.05) is 17.6 Å². The van der Waals surface area contributed by atoms with Gasteiger partial charge in [-0.2, -0.15) is 0 Å². The van der Waals surface area contributed by atoms with E-state index in [1.165, 1.54) is 13.1 Å². The molecule has 1 aromatic heterocycles. The second-order valence-electron chi connectivity index (χ2n) is 3.10. The summed E-state index contributed by atoms with van der Waals surface area (Å²) in [5.41, 5.74) is 0.758. The molecule has 0 amide bonds. The average Bonchev–Trinajstić information content (AvgIpc) is 2.18. The molecule has 9 heteroatoms. The van der Waals surface area contributed by atoms with Gasteiger partial charge in [0.15, 0.2) is 0 Å². The minimum Gasteiger partial charge on any atom is -0.871 e. The fourth-order valence-corrected chi connectivity index (χ4v) is 2.60. The minimum atomic E-state index is -4.18. The summed E-state index contributed by atoms with van der Waals surface area (Å²) in [6, 6.07) is 0. The summed E-state index contributed by atoms with van der Waals surface area (Å²) < 4.78 is 10.7. The summed E-state index contributed by atoms with van der Waals surface area (Å²) >= 11 is 0.407. The summed E-state index contributed by atoms with van der Waals surface area (Å²) in [5.74, 6) is -0.436. The van der Waals surface area contributed by atoms with Crippen molar-refractivity contribution in [2.24, 2.45) is 0 Å². The van der Waals surface area contributed by atoms with Crippen LogP contribution in [0.25, 0.3) is 0 Å². The van der Waals surface area contributed by atoms with E-state index < -0.39 is 13.4 Å². The molecule has 0 saturated carbocycles. The van der Waals surface area contributed by atoms with Crippen molar-refractivity contribution in [1.82, 2.24) is 4.98 Å². The molecule has 1 aromatic rings. The normalized spacial score (nSPS) is 11.1. The molecule has 0 unspecified atom stereocenters. The maximum Gasteiger partial charge on any atom is 1.00 e. The first-order valence-electron chi connectivity index (χ1n) is 4.30. The molecule has 6 nitrogen and oxygen atoms in total. The number of rotatable bonds is 4. The first kappa shape index (κ1) is 17.4. The van der Waals surface area contributed by atoms with Gasteiger partial charge in [-0.25, -0.2) is 4.57 Å². The van der Waals surface area contributed by atoms with Crippen LogP contribution in [0.1, 0.15) is 16.8 Å². The van der Waals surface area contributed by atoms with Gasteiger partial charge >= 0.3 is 36.4 Å². The molecule has 0 aliphatic carbocycles. The van der Waals surface area contributed by atoms with E-state index in [2.05, 4.69) is 4.98 Å². The summed E-state index contributed by atoms with van der Waals surface area (Å²) in [5, 5.41) is 20.5. The number of aryl methyl sites for hydroxylation is 1. The van der Waals surface area contributed by atoms with Crippen molar-refractivity contribution in [1.29, 1.82) is 0 Å². The molecule has 0 spiro atoms. The molecule has 0 radical (unpaired) electrons. The Balaban J connectivity index is 0.00000256. The number of hydrogen-bond donors (Lipinski definition) is 3. The first-order valence-corrected chi connectivity index (χ1v) is 7.50. The van der Waals surface area contributed by atoms with Crippen LogP contribution in [0.2, 0.25) is 0 Å². The van der Waals surface area contributed by atoms with E-state index in [0.29, 0.717) is 16.9 Å². The third-order valence-corrected chi connectivity index (χ3v) is 4.12. The van der Waals surface area contributed by atoms with Gasteiger partial charge in [-0.1, -0.05) is 5.75 Å². The van der Waals surface area contributed by atoms with E-state index in [0.717, 1.165) is 0 Å². The van der Waals surface area contributed by atoms with Crippen molar-refractivity contribution in [3.05, 3.63) is 23.0 Å². The van der Waals surface area contributed by atoms with E-state index in [9.17, 15) is 9.67 Å². The fraction of sp³-hybridized carbons (Fsp3) is 0.375. The quantitative estimate of drug-likeness (QED) is 0.407. The Morgan fingerprint density at radius 2 is 2.12 bits per heavy atom. The number of hydrogen-bond acceptors (Lipinski definition) is 5. The van der Waals surface area contributed by atoms with Crippen LogP contribution in [-0.4, -0.2) is 19.9 Å². The third-order valence-electron chi connectivity index (χ3n) is 1.95. The van der Waals surface area contributed by atoms with Crippen molar-refractivity contribution < 1.29 is 54.1 Å². The Labute approximate surface area is 125 Å². The second-order valence-corrected chi connectivity index (χ2v) is 6.83. The molecule has 90 valence electrons. The monoisotopic (exact) mass is 287 g/mol. The Hall–Kier alpha value is 0.410. The zero-order valence-electron chi connectivity index (χ0n) is 9.45. The van der Waals surface area contributed by atoms with Crippen LogP contribution < -0.4 is 34.7 Å². The Bertz CT molecular complexity index is 438. The molecule has 1 heterocycles. The molecule has 0 aliphatic heterocycles. The molecule has 0 saturated heterocycles. The first-order chi connectivity index (χ1) is 7.35. The van der Waals surface area contributed by atoms with Crippen LogP contribution in [0.15, 0.2) is 6.20 Å². The largest absolute Gasteiger partial charge is 1.00 e. The molecule has 0 atom stereocenters. The Kier molecular flexibility index (Phi) is 7.28. The molecule has 1 rings (SSSR count). The van der Waals surface area contributed by atoms with Crippen molar-refractivity contribution in [3.63, 3.8) is 0 Å². The van der Waals surface area contributed by atoms with Gasteiger partial charge in [-0.3, -0.25) is 4.98 Å². The van der Waals surface area contributed by atoms with Crippen molar-refractivity contribution in [3.8, 4) is 5.75 Å². The number of aromatic nitrogens is 1. The number of aliphatic hydroxyl groups is 1. The number of nitrogens with zero attached hydrogens (tertiary/aromatic N) is 1. The van der Waals surface area contributed by atoms with Gasteiger partial charge in [0.1, 0.15) is 0 Å². The molecule has 17 heavy (non-hydrogen) atoms. The summed E-state index contributed by atoms with van der Waals surface area (Å²) in [7, 11) is 0. The van der Waals surface area contributed by atoms with Gasteiger partial charge in [0.2, 0.25) is 0 Å². The second kappa shape index (κ2) is 7.11. The van der Waals surface area contributed by atoms with E-state index >= 15 is 0 Å². The number of aliphatic hydroxyl groups excluding tert-OH is 1. The van der Waals surface area contributed by atoms with Crippen molar-refractivity contribution in [2.45, 2.75) is 19.3 Å². The summed E-state index contributed by atoms with van der Waals surface area (Å²) in [6.45, 7) is -3.13. The third kappa shape index (κ3) is 5.28. The predicted molar refractivity (Wildman–Crippen MR) is 57.7 cm³/mol. The predicted octanol–water partition coefficient (Wildman–Crippen LogP) is -2.71. The molecule has 0 bridgehead atoms. The molecule has 3 N–H and O–H groups in total. The average molecular weight is 287 g/mol. The van der Waals surface area contributed by atoms with Gasteiger partial charge in [0.05, 0.1) is 6.61 Å². The van der Waals surface area contributed by atoms with Gasteiger partial charge in [-0.05, 0) is 29.4 Å². The van der Waals surface area contributed by atoms with Crippen molar-refractivity contribution in [2.75, 3.05) is 0 Å². The van der Waals surface area contributed by atoms with Crippen LogP contribution in [0.3, 0.4) is 0 Å². The summed E-state index contributed by atoms with van der Waals surface area (Å²) in [4.78, 5) is 21.2. The molecule has 0 fully saturated rings. The Morgan fingerprint density at radius 1 is 1.53 bits per heavy atom. The summed E-state index contributed by atoms with van der Waals surface area (Å²) in [6.07, 6.45) is 1.35. The molecule has 0 aromatic carbocycles. The molecular formula is C8H11NNaO5PS. The van der Waals surface area contributed by atoms with Gasteiger partial charge < -0.3 is 20.0 Å². The molecular weight excluding hydrogens is 276 g/mol. The maximum atomic E-state index is 11.5.